The summed E-state index contributed by atoms with van der Waals surface area (Å²) < 4.78 is 79.0. The number of halogens is 3. The number of alkyl halides is 3. The lowest BCUT2D eigenvalue weighted by molar-refractivity contribution is -0.714. The van der Waals surface area contributed by atoms with Gasteiger partial charge in [-0.25, -0.2) is 27.4 Å². The van der Waals surface area contributed by atoms with Crippen LogP contribution >= 0.6 is 0 Å². The van der Waals surface area contributed by atoms with Crippen molar-refractivity contribution < 1.29 is 50.5 Å². The average Bonchev–Trinajstić information content (AvgIpc) is 3.53. The Morgan fingerprint density at radius 1 is 1.04 bits per heavy atom. The van der Waals surface area contributed by atoms with E-state index in [1.807, 2.05) is 6.92 Å². The average molecular weight is 705 g/mol. The van der Waals surface area contributed by atoms with Crippen LogP contribution in [0.2, 0.25) is 0 Å². The zero-order valence-corrected chi connectivity index (χ0v) is 27.3. The summed E-state index contributed by atoms with van der Waals surface area (Å²) in [6.07, 6.45) is -7.31. The van der Waals surface area contributed by atoms with E-state index in [0.717, 1.165) is 33.5 Å². The number of rotatable bonds is 12. The summed E-state index contributed by atoms with van der Waals surface area (Å²) in [5.74, 6) is -0.697. The highest BCUT2D eigenvalue weighted by atomic mass is 32.2. The molecule has 18 heteroatoms. The number of esters is 1. The van der Waals surface area contributed by atoms with E-state index in [-0.39, 0.29) is 26.8 Å². The lowest BCUT2D eigenvalue weighted by Crippen LogP contribution is -2.40. The highest BCUT2D eigenvalue weighted by Crippen LogP contribution is 2.33. The van der Waals surface area contributed by atoms with Gasteiger partial charge in [0.05, 0.1) is 33.9 Å². The molecule has 3 aromatic carbocycles. The van der Waals surface area contributed by atoms with E-state index in [1.165, 1.54) is 45.2 Å². The van der Waals surface area contributed by atoms with Gasteiger partial charge in [-0.15, -0.1) is 5.01 Å². The number of nitrogens with one attached hydrogen (secondary N) is 1. The number of benzene rings is 3. The Kier molecular flexibility index (Phi) is 11.1. The van der Waals surface area contributed by atoms with E-state index in [2.05, 4.69) is 10.4 Å². The molecule has 4 aromatic rings. The summed E-state index contributed by atoms with van der Waals surface area (Å²) in [4.78, 5) is 28.9. The van der Waals surface area contributed by atoms with Gasteiger partial charge < -0.3 is 14.7 Å². The van der Waals surface area contributed by atoms with Crippen molar-refractivity contribution >= 4 is 22.1 Å². The maximum Gasteiger partial charge on any atom is 0.435 e. The van der Waals surface area contributed by atoms with Crippen molar-refractivity contribution in [2.45, 2.75) is 44.2 Å². The van der Waals surface area contributed by atoms with Crippen LogP contribution < -0.4 is 4.72 Å². The van der Waals surface area contributed by atoms with E-state index in [4.69, 9.17) is 14.3 Å². The molecule has 4 rings (SSSR count). The Bertz CT molecular complexity index is 1900. The van der Waals surface area contributed by atoms with Crippen molar-refractivity contribution in [2.24, 2.45) is 5.28 Å². The number of amides is 1. The topological polar surface area (TPSA) is 167 Å². The molecule has 1 unspecified atom stereocenters. The number of hydrogen-bond donors (Lipinski definition) is 1. The fraction of sp³-hybridized carbons (Fsp3) is 0.258. The molecule has 0 saturated heterocycles. The van der Waals surface area contributed by atoms with Crippen molar-refractivity contribution in [3.05, 3.63) is 107 Å². The fourth-order valence-electron chi connectivity index (χ4n) is 4.06. The molecule has 0 aliphatic heterocycles. The van der Waals surface area contributed by atoms with Gasteiger partial charge in [0.25, 0.3) is 16.3 Å². The lowest BCUT2D eigenvalue weighted by atomic mass is 10.1. The molecule has 1 N–H and O–H groups in total. The Labute approximate surface area is 278 Å². The van der Waals surface area contributed by atoms with Gasteiger partial charge in [0.2, 0.25) is 5.28 Å². The second kappa shape index (κ2) is 15.1. The van der Waals surface area contributed by atoms with Crippen molar-refractivity contribution in [3.8, 4) is 16.9 Å². The summed E-state index contributed by atoms with van der Waals surface area (Å²) in [5, 5.41) is 20.2. The molecule has 260 valence electrons. The minimum Gasteiger partial charge on any atom is -0.569 e. The molecule has 0 radical (unpaired) electrons. The molecule has 49 heavy (non-hydrogen) atoms. The number of nitrogens with zero attached hydrogens (tertiary/aromatic N) is 5. The molecule has 14 nitrogen and oxygen atoms in total. The Morgan fingerprint density at radius 2 is 1.67 bits per heavy atom. The maximum atomic E-state index is 13.5. The van der Waals surface area contributed by atoms with Gasteiger partial charge in [0.1, 0.15) is 12.6 Å². The fourth-order valence-corrected chi connectivity index (χ4v) is 4.95. The second-order valence-electron chi connectivity index (χ2n) is 10.6. The molecule has 1 heterocycles. The Hall–Kier alpha value is -5.65. The van der Waals surface area contributed by atoms with Crippen LogP contribution in [0.3, 0.4) is 0 Å². The second-order valence-corrected chi connectivity index (χ2v) is 12.3. The maximum absolute atomic E-state index is 13.5. The molecular formula is C31H31F3N6O8S. The first-order chi connectivity index (χ1) is 23.0. The molecule has 1 amide bonds. The molecule has 0 bridgehead atoms. The first-order valence-corrected chi connectivity index (χ1v) is 15.9. The number of likely N-dealkylation sites (N-methyl/N-ethyl adjacent to an activating group) is 1. The number of hydrogen-bond acceptors (Lipinski definition) is 10. The predicted molar refractivity (Wildman–Crippen MR) is 166 cm³/mol. The summed E-state index contributed by atoms with van der Waals surface area (Å²) in [5.41, 5.74) is 0.738. The Balaban J connectivity index is 1.34. The normalized spacial score (nSPS) is 13.2. The minimum absolute atomic E-state index is 0.0125. The summed E-state index contributed by atoms with van der Waals surface area (Å²) in [6.45, 7) is 4.16. The SMILES string of the molecule is Cc1ccc(-c2cc(C(F)(F)F)nn2-c2ccc(S(=O)(=O)NC(=O)OC[C@H](C)N(C)[N+]([O-])=NOC(C)OC(=O)c3ccccc3)cc2)cc1. The summed E-state index contributed by atoms with van der Waals surface area (Å²) in [7, 11) is -3.19. The molecule has 0 spiro atoms. The Morgan fingerprint density at radius 3 is 2.29 bits per heavy atom. The number of sulfonamides is 1. The van der Waals surface area contributed by atoms with Crippen LogP contribution in [0, 0.1) is 12.1 Å². The lowest BCUT2D eigenvalue weighted by Gasteiger charge is -2.20. The van der Waals surface area contributed by atoms with Gasteiger partial charge in [-0.05, 0) is 56.3 Å². The van der Waals surface area contributed by atoms with Gasteiger partial charge in [0.15, 0.2) is 5.69 Å². The number of aromatic nitrogens is 2. The van der Waals surface area contributed by atoms with E-state index < -0.39 is 52.9 Å². The molecule has 0 saturated carbocycles. The standard InChI is InChI=1S/C31H31F3N6O8S/c1-20-10-12-23(13-11-20)27-18-28(31(32,33)34)35-39(27)25-14-16-26(17-15-25)49(44,45)36-30(42)46-19-21(2)38(4)40(43)37-48-22(3)47-29(41)24-8-6-5-7-9-24/h5-18,21-22H,19H2,1-4H3,(H,36,42)/t21-,22?/m0/s1. The first-order valence-electron chi connectivity index (χ1n) is 14.4. The van der Waals surface area contributed by atoms with Crippen LogP contribution in [0.25, 0.3) is 16.9 Å². The van der Waals surface area contributed by atoms with E-state index in [1.54, 1.807) is 47.2 Å². The highest BCUT2D eigenvalue weighted by Gasteiger charge is 2.35. The molecule has 0 aliphatic carbocycles. The van der Waals surface area contributed by atoms with Crippen molar-refractivity contribution in [1.82, 2.24) is 19.5 Å². The minimum atomic E-state index is -4.73. The van der Waals surface area contributed by atoms with Crippen molar-refractivity contribution in [3.63, 3.8) is 0 Å². The van der Waals surface area contributed by atoms with Crippen LogP contribution in [0.4, 0.5) is 18.0 Å². The zero-order chi connectivity index (χ0) is 35.9. The van der Waals surface area contributed by atoms with Crippen LogP contribution in [-0.2, 0) is 30.5 Å². The first kappa shape index (κ1) is 36.2. The molecule has 1 aromatic heterocycles. The number of carbonyl (C=O) groups is 2. The number of carbonyl (C=O) groups excluding carboxylic acids is 2. The van der Waals surface area contributed by atoms with Crippen LogP contribution in [0.15, 0.2) is 95.1 Å². The predicted octanol–water partition coefficient (Wildman–Crippen LogP) is 5.61. The van der Waals surface area contributed by atoms with Gasteiger partial charge in [0, 0.05) is 12.5 Å². The van der Waals surface area contributed by atoms with Crippen molar-refractivity contribution in [2.75, 3.05) is 13.7 Å². The van der Waals surface area contributed by atoms with Crippen molar-refractivity contribution in [1.29, 1.82) is 0 Å². The van der Waals surface area contributed by atoms with Gasteiger partial charge >= 0.3 is 18.2 Å². The van der Waals surface area contributed by atoms with E-state index >= 15 is 0 Å². The third-order valence-electron chi connectivity index (χ3n) is 6.87. The molecule has 2 atom stereocenters. The highest BCUT2D eigenvalue weighted by molar-refractivity contribution is 7.90. The monoisotopic (exact) mass is 704 g/mol. The molecular weight excluding hydrogens is 673 g/mol. The number of ether oxygens (including phenoxy) is 2. The van der Waals surface area contributed by atoms with Gasteiger partial charge in [-0.3, -0.25) is 4.84 Å². The summed E-state index contributed by atoms with van der Waals surface area (Å²) in [6, 6.07) is 19.5. The zero-order valence-electron chi connectivity index (χ0n) is 26.5. The van der Waals surface area contributed by atoms with Gasteiger partial charge in [-0.2, -0.15) is 18.3 Å². The van der Waals surface area contributed by atoms with Crippen LogP contribution in [0.5, 0.6) is 0 Å². The van der Waals surface area contributed by atoms with Crippen LogP contribution in [0.1, 0.15) is 35.5 Å². The number of hydrazine groups is 1. The quantitative estimate of drug-likeness (QED) is 0.0643. The van der Waals surface area contributed by atoms with Crippen LogP contribution in [-0.4, -0.2) is 66.2 Å². The third kappa shape index (κ3) is 9.47. The smallest absolute Gasteiger partial charge is 0.435 e. The van der Waals surface area contributed by atoms with E-state index in [9.17, 15) is 36.4 Å². The largest absolute Gasteiger partial charge is 0.569 e. The molecule has 0 aliphatic rings. The van der Waals surface area contributed by atoms with E-state index in [0.29, 0.717) is 5.56 Å². The third-order valence-corrected chi connectivity index (χ3v) is 8.20. The summed E-state index contributed by atoms with van der Waals surface area (Å²) >= 11 is 0. The van der Waals surface area contributed by atoms with Gasteiger partial charge in [-0.1, -0.05) is 48.0 Å². The molecule has 0 fully saturated rings. The number of aryl methyl sites for hydroxylation is 1.